The molecule has 0 aliphatic heterocycles. The minimum absolute atomic E-state index is 0.385. The van der Waals surface area contributed by atoms with Crippen LogP contribution in [0.4, 0.5) is 16.2 Å². The van der Waals surface area contributed by atoms with Gasteiger partial charge in [-0.05, 0) is 24.6 Å². The highest BCUT2D eigenvalue weighted by Gasteiger charge is 2.09. The molecule has 0 aliphatic carbocycles. The minimum atomic E-state index is -0.385. The fraction of sp³-hybridized carbons (Fsp3) is 0.235. The Morgan fingerprint density at radius 2 is 1.52 bits per heavy atom. The van der Waals surface area contributed by atoms with Crippen LogP contribution in [-0.2, 0) is 0 Å². The Hall–Kier alpha value is -2.89. The lowest BCUT2D eigenvalue weighted by atomic mass is 10.2. The summed E-state index contributed by atoms with van der Waals surface area (Å²) in [7, 11) is 4.66. The summed E-state index contributed by atoms with van der Waals surface area (Å²) in [4.78, 5) is 12.2. The van der Waals surface area contributed by atoms with Crippen molar-refractivity contribution in [3.8, 4) is 17.2 Å². The molecule has 2 aromatic carbocycles. The fourth-order valence-corrected chi connectivity index (χ4v) is 2.08. The Morgan fingerprint density at radius 3 is 2.09 bits per heavy atom. The second-order valence-corrected chi connectivity index (χ2v) is 4.88. The molecule has 2 aromatic rings. The monoisotopic (exact) mass is 316 g/mol. The molecule has 2 rings (SSSR count). The molecule has 6 nitrogen and oxygen atoms in total. The Balaban J connectivity index is 2.15. The number of urea groups is 1. The Morgan fingerprint density at radius 1 is 0.870 bits per heavy atom. The van der Waals surface area contributed by atoms with Gasteiger partial charge in [0.1, 0.15) is 17.2 Å². The summed E-state index contributed by atoms with van der Waals surface area (Å²) < 4.78 is 15.6. The predicted octanol–water partition coefficient (Wildman–Crippen LogP) is 3.66. The first-order chi connectivity index (χ1) is 11.0. The van der Waals surface area contributed by atoms with E-state index in [-0.39, 0.29) is 6.03 Å². The molecule has 0 saturated heterocycles. The van der Waals surface area contributed by atoms with E-state index < -0.39 is 0 Å². The van der Waals surface area contributed by atoms with Crippen molar-refractivity contribution < 1.29 is 19.0 Å². The number of carbonyl (C=O) groups is 1. The normalized spacial score (nSPS) is 9.91. The molecule has 2 N–H and O–H groups in total. The number of anilines is 2. The summed E-state index contributed by atoms with van der Waals surface area (Å²) in [5, 5.41) is 5.51. The van der Waals surface area contributed by atoms with Crippen molar-refractivity contribution in [2.45, 2.75) is 6.92 Å². The molecule has 0 saturated carbocycles. The highest BCUT2D eigenvalue weighted by Crippen LogP contribution is 2.27. The van der Waals surface area contributed by atoms with E-state index in [1.165, 1.54) is 0 Å². The fourth-order valence-electron chi connectivity index (χ4n) is 2.08. The van der Waals surface area contributed by atoms with Crippen molar-refractivity contribution in [2.75, 3.05) is 32.0 Å². The van der Waals surface area contributed by atoms with Crippen LogP contribution >= 0.6 is 0 Å². The van der Waals surface area contributed by atoms with Crippen LogP contribution in [0.5, 0.6) is 17.2 Å². The SMILES string of the molecule is COc1cc(NC(=O)Nc2cc(C)ccc2OC)cc(OC)c1. The number of aryl methyl sites for hydroxylation is 1. The molecule has 0 atom stereocenters. The van der Waals surface area contributed by atoms with Gasteiger partial charge in [0.25, 0.3) is 0 Å². The van der Waals surface area contributed by atoms with E-state index in [9.17, 15) is 4.79 Å². The quantitative estimate of drug-likeness (QED) is 0.883. The van der Waals surface area contributed by atoms with Crippen LogP contribution < -0.4 is 24.8 Å². The molecule has 0 fully saturated rings. The molecule has 0 bridgehead atoms. The predicted molar refractivity (Wildman–Crippen MR) is 89.9 cm³/mol. The summed E-state index contributed by atoms with van der Waals surface area (Å²) in [5.41, 5.74) is 2.18. The average molecular weight is 316 g/mol. The smallest absolute Gasteiger partial charge is 0.323 e. The van der Waals surface area contributed by atoms with Crippen molar-refractivity contribution in [1.82, 2.24) is 0 Å². The zero-order valence-electron chi connectivity index (χ0n) is 13.6. The van der Waals surface area contributed by atoms with E-state index in [0.717, 1.165) is 5.56 Å². The first-order valence-electron chi connectivity index (χ1n) is 7.01. The highest BCUT2D eigenvalue weighted by molar-refractivity contribution is 6.01. The molecule has 0 radical (unpaired) electrons. The lowest BCUT2D eigenvalue weighted by Gasteiger charge is -2.13. The Labute approximate surface area is 135 Å². The maximum absolute atomic E-state index is 12.2. The van der Waals surface area contributed by atoms with Gasteiger partial charge in [0.05, 0.1) is 27.0 Å². The van der Waals surface area contributed by atoms with E-state index in [1.54, 1.807) is 45.6 Å². The van der Waals surface area contributed by atoms with Gasteiger partial charge in [-0.1, -0.05) is 6.07 Å². The summed E-state index contributed by atoms with van der Waals surface area (Å²) in [5.74, 6) is 1.77. The molecule has 0 spiro atoms. The lowest BCUT2D eigenvalue weighted by molar-refractivity contribution is 0.262. The molecule has 0 unspecified atom stereocenters. The highest BCUT2D eigenvalue weighted by atomic mass is 16.5. The van der Waals surface area contributed by atoms with Crippen LogP contribution in [-0.4, -0.2) is 27.4 Å². The molecule has 23 heavy (non-hydrogen) atoms. The third kappa shape index (κ3) is 4.29. The number of nitrogens with one attached hydrogen (secondary N) is 2. The maximum atomic E-state index is 12.2. The second-order valence-electron chi connectivity index (χ2n) is 4.88. The van der Waals surface area contributed by atoms with E-state index in [0.29, 0.717) is 28.6 Å². The van der Waals surface area contributed by atoms with Crippen molar-refractivity contribution in [2.24, 2.45) is 0 Å². The van der Waals surface area contributed by atoms with Crippen LogP contribution in [0.1, 0.15) is 5.56 Å². The van der Waals surface area contributed by atoms with Crippen molar-refractivity contribution >= 4 is 17.4 Å². The third-order valence-electron chi connectivity index (χ3n) is 3.21. The first kappa shape index (κ1) is 16.5. The zero-order chi connectivity index (χ0) is 16.8. The number of carbonyl (C=O) groups excluding carboxylic acids is 1. The number of ether oxygens (including phenoxy) is 3. The van der Waals surface area contributed by atoms with Gasteiger partial charge in [0.2, 0.25) is 0 Å². The third-order valence-corrected chi connectivity index (χ3v) is 3.21. The van der Waals surface area contributed by atoms with E-state index in [2.05, 4.69) is 10.6 Å². The van der Waals surface area contributed by atoms with Crippen LogP contribution in [0.3, 0.4) is 0 Å². The van der Waals surface area contributed by atoms with Gasteiger partial charge in [-0.15, -0.1) is 0 Å². The number of amides is 2. The average Bonchev–Trinajstić information content (AvgIpc) is 2.54. The summed E-state index contributed by atoms with van der Waals surface area (Å²) in [6.45, 7) is 1.94. The van der Waals surface area contributed by atoms with Crippen molar-refractivity contribution in [3.05, 3.63) is 42.0 Å². The van der Waals surface area contributed by atoms with Gasteiger partial charge in [0, 0.05) is 23.9 Å². The van der Waals surface area contributed by atoms with E-state index in [4.69, 9.17) is 14.2 Å². The second kappa shape index (κ2) is 7.40. The maximum Gasteiger partial charge on any atom is 0.323 e. The number of benzene rings is 2. The molecule has 0 aliphatic rings. The van der Waals surface area contributed by atoms with Gasteiger partial charge in [0.15, 0.2) is 0 Å². The van der Waals surface area contributed by atoms with Crippen LogP contribution in [0.2, 0.25) is 0 Å². The van der Waals surface area contributed by atoms with Crippen LogP contribution in [0, 0.1) is 6.92 Å². The topological polar surface area (TPSA) is 68.8 Å². The van der Waals surface area contributed by atoms with Crippen LogP contribution in [0.15, 0.2) is 36.4 Å². The molecule has 2 amide bonds. The standard InChI is InChI=1S/C17H20N2O4/c1-11-5-6-16(23-4)15(7-11)19-17(20)18-12-8-13(21-2)10-14(9-12)22-3/h5-10H,1-4H3,(H2,18,19,20). The van der Waals surface area contributed by atoms with Crippen molar-refractivity contribution in [3.63, 3.8) is 0 Å². The molecule has 0 heterocycles. The van der Waals surface area contributed by atoms with E-state index in [1.807, 2.05) is 19.1 Å². The van der Waals surface area contributed by atoms with E-state index >= 15 is 0 Å². The lowest BCUT2D eigenvalue weighted by Crippen LogP contribution is -2.20. The van der Waals surface area contributed by atoms with Crippen LogP contribution in [0.25, 0.3) is 0 Å². The number of hydrogen-bond acceptors (Lipinski definition) is 4. The zero-order valence-corrected chi connectivity index (χ0v) is 13.6. The Bertz CT molecular complexity index is 679. The van der Waals surface area contributed by atoms with Gasteiger partial charge in [-0.2, -0.15) is 0 Å². The van der Waals surface area contributed by atoms with Gasteiger partial charge in [-0.3, -0.25) is 0 Å². The number of methoxy groups -OCH3 is 3. The molecule has 0 aromatic heterocycles. The molecular formula is C17H20N2O4. The molecule has 122 valence electrons. The Kier molecular flexibility index (Phi) is 5.30. The van der Waals surface area contributed by atoms with Gasteiger partial charge < -0.3 is 24.8 Å². The molecule has 6 heteroatoms. The largest absolute Gasteiger partial charge is 0.497 e. The minimum Gasteiger partial charge on any atom is -0.497 e. The van der Waals surface area contributed by atoms with Gasteiger partial charge >= 0.3 is 6.03 Å². The number of rotatable bonds is 5. The number of hydrogen-bond donors (Lipinski definition) is 2. The summed E-state index contributed by atoms with van der Waals surface area (Å²) >= 11 is 0. The summed E-state index contributed by atoms with van der Waals surface area (Å²) in [6.07, 6.45) is 0. The first-order valence-corrected chi connectivity index (χ1v) is 7.01. The summed E-state index contributed by atoms with van der Waals surface area (Å²) in [6, 6.07) is 10.3. The molecular weight excluding hydrogens is 296 g/mol. The van der Waals surface area contributed by atoms with Crippen molar-refractivity contribution in [1.29, 1.82) is 0 Å². The van der Waals surface area contributed by atoms with Gasteiger partial charge in [-0.25, -0.2) is 4.79 Å².